The summed E-state index contributed by atoms with van der Waals surface area (Å²) in [6, 6.07) is 7.85. The van der Waals surface area contributed by atoms with Gasteiger partial charge in [0.2, 0.25) is 0 Å². The molecular weight excluding hydrogens is 252 g/mol. The monoisotopic (exact) mass is 272 g/mol. The number of anilines is 1. The minimum absolute atomic E-state index is 0.557. The molecule has 0 saturated carbocycles. The average Bonchev–Trinajstić information content (AvgIpc) is 2.85. The van der Waals surface area contributed by atoms with E-state index < -0.39 is 11.4 Å². The van der Waals surface area contributed by atoms with E-state index in [0.717, 1.165) is 24.2 Å². The predicted octanol–water partition coefficient (Wildman–Crippen LogP) is 2.95. The van der Waals surface area contributed by atoms with Gasteiger partial charge in [-0.2, -0.15) is 5.26 Å². The van der Waals surface area contributed by atoms with Crippen molar-refractivity contribution in [3.63, 3.8) is 0 Å². The number of carboxylic acids is 1. The van der Waals surface area contributed by atoms with Crippen molar-refractivity contribution in [2.75, 3.05) is 18.0 Å². The largest absolute Gasteiger partial charge is 0.481 e. The zero-order valence-corrected chi connectivity index (χ0v) is 12.0. The number of hydrogen-bond donors (Lipinski definition) is 1. The lowest BCUT2D eigenvalue weighted by atomic mass is 9.83. The summed E-state index contributed by atoms with van der Waals surface area (Å²) < 4.78 is 0. The van der Waals surface area contributed by atoms with Crippen LogP contribution in [-0.2, 0) is 4.79 Å². The Morgan fingerprint density at radius 3 is 2.85 bits per heavy atom. The van der Waals surface area contributed by atoms with Crippen LogP contribution in [0.3, 0.4) is 0 Å². The van der Waals surface area contributed by atoms with Crippen LogP contribution in [0, 0.1) is 23.7 Å². The van der Waals surface area contributed by atoms with Crippen LogP contribution < -0.4 is 4.90 Å². The summed E-state index contributed by atoms with van der Waals surface area (Å²) in [6.07, 6.45) is 2.29. The lowest BCUT2D eigenvalue weighted by Crippen LogP contribution is -2.34. The molecule has 1 heterocycles. The van der Waals surface area contributed by atoms with Crippen molar-refractivity contribution in [2.24, 2.45) is 5.41 Å². The molecule has 0 aliphatic carbocycles. The van der Waals surface area contributed by atoms with Crippen molar-refractivity contribution >= 4 is 11.7 Å². The van der Waals surface area contributed by atoms with E-state index in [0.29, 0.717) is 24.9 Å². The third-order valence-corrected chi connectivity index (χ3v) is 4.23. The van der Waals surface area contributed by atoms with Crippen LogP contribution >= 0.6 is 0 Å². The smallest absolute Gasteiger partial charge is 0.311 e. The lowest BCUT2D eigenvalue weighted by molar-refractivity contribution is -0.148. The van der Waals surface area contributed by atoms with E-state index >= 15 is 0 Å². The second kappa shape index (κ2) is 5.54. The van der Waals surface area contributed by atoms with Crippen molar-refractivity contribution in [2.45, 2.75) is 33.1 Å². The Morgan fingerprint density at radius 2 is 2.30 bits per heavy atom. The molecular formula is C16H20N2O2. The predicted molar refractivity (Wildman–Crippen MR) is 77.7 cm³/mol. The second-order valence-electron chi connectivity index (χ2n) is 5.62. The number of nitrogens with zero attached hydrogens (tertiary/aromatic N) is 2. The van der Waals surface area contributed by atoms with Crippen molar-refractivity contribution in [3.8, 4) is 6.07 Å². The Balaban J connectivity index is 2.22. The fourth-order valence-electron chi connectivity index (χ4n) is 3.03. The summed E-state index contributed by atoms with van der Waals surface area (Å²) in [5, 5.41) is 18.5. The van der Waals surface area contributed by atoms with Gasteiger partial charge in [-0.05, 0) is 43.5 Å². The highest BCUT2D eigenvalue weighted by Crippen LogP contribution is 2.38. The molecule has 1 saturated heterocycles. The molecule has 1 aliphatic heterocycles. The zero-order chi connectivity index (χ0) is 14.8. The Labute approximate surface area is 119 Å². The fourth-order valence-corrected chi connectivity index (χ4v) is 3.03. The van der Waals surface area contributed by atoms with Crippen LogP contribution in [0.15, 0.2) is 18.2 Å². The van der Waals surface area contributed by atoms with E-state index in [2.05, 4.69) is 11.0 Å². The number of carboxylic acid groups (broad SMARTS) is 1. The van der Waals surface area contributed by atoms with Gasteiger partial charge in [-0.25, -0.2) is 0 Å². The number of hydrogen-bond acceptors (Lipinski definition) is 3. The molecule has 1 aromatic rings. The first kappa shape index (κ1) is 14.4. The molecule has 4 heteroatoms. The van der Waals surface area contributed by atoms with Crippen molar-refractivity contribution < 1.29 is 9.90 Å². The van der Waals surface area contributed by atoms with Gasteiger partial charge >= 0.3 is 5.97 Å². The number of nitriles is 1. The molecule has 20 heavy (non-hydrogen) atoms. The average molecular weight is 272 g/mol. The zero-order valence-electron chi connectivity index (χ0n) is 12.0. The van der Waals surface area contributed by atoms with Crippen LogP contribution in [0.25, 0.3) is 0 Å². The van der Waals surface area contributed by atoms with E-state index in [-0.39, 0.29) is 0 Å². The molecule has 0 aromatic heterocycles. The number of carbonyl (C=O) groups is 1. The van der Waals surface area contributed by atoms with Crippen molar-refractivity contribution in [3.05, 3.63) is 29.3 Å². The maximum Gasteiger partial charge on any atom is 0.311 e. The number of aliphatic carboxylic acids is 1. The molecule has 0 spiro atoms. The Hall–Kier alpha value is -2.02. The summed E-state index contributed by atoms with van der Waals surface area (Å²) in [5.41, 5.74) is 2.01. The third kappa shape index (κ3) is 2.49. The Morgan fingerprint density at radius 1 is 1.55 bits per heavy atom. The van der Waals surface area contributed by atoms with E-state index in [1.807, 2.05) is 32.0 Å². The maximum atomic E-state index is 11.6. The van der Waals surface area contributed by atoms with Gasteiger partial charge in [0.05, 0.1) is 17.0 Å². The normalized spacial score (nSPS) is 21.8. The van der Waals surface area contributed by atoms with Gasteiger partial charge in [0.15, 0.2) is 0 Å². The number of benzene rings is 1. The van der Waals surface area contributed by atoms with Crippen LogP contribution in [0.5, 0.6) is 0 Å². The molecule has 1 fully saturated rings. The minimum Gasteiger partial charge on any atom is -0.481 e. The molecule has 0 amide bonds. The highest BCUT2D eigenvalue weighted by molar-refractivity contribution is 5.77. The molecule has 1 aliphatic rings. The maximum absolute atomic E-state index is 11.6. The van der Waals surface area contributed by atoms with Crippen LogP contribution in [0.4, 0.5) is 5.69 Å². The molecule has 1 unspecified atom stereocenters. The van der Waals surface area contributed by atoms with Gasteiger partial charge < -0.3 is 10.0 Å². The van der Waals surface area contributed by atoms with Gasteiger partial charge in [-0.1, -0.05) is 13.3 Å². The summed E-state index contributed by atoms with van der Waals surface area (Å²) in [5.74, 6) is -0.688. The molecule has 106 valence electrons. The summed E-state index contributed by atoms with van der Waals surface area (Å²) in [4.78, 5) is 13.7. The van der Waals surface area contributed by atoms with Crippen LogP contribution in [-0.4, -0.2) is 24.2 Å². The van der Waals surface area contributed by atoms with Crippen LogP contribution in [0.1, 0.15) is 37.3 Å². The summed E-state index contributed by atoms with van der Waals surface area (Å²) in [7, 11) is 0. The highest BCUT2D eigenvalue weighted by atomic mass is 16.4. The quantitative estimate of drug-likeness (QED) is 0.915. The first-order chi connectivity index (χ1) is 9.52. The van der Waals surface area contributed by atoms with Gasteiger partial charge in [-0.3, -0.25) is 4.79 Å². The topological polar surface area (TPSA) is 64.3 Å². The van der Waals surface area contributed by atoms with E-state index in [1.54, 1.807) is 0 Å². The van der Waals surface area contributed by atoms with Crippen molar-refractivity contribution in [1.29, 1.82) is 5.26 Å². The molecule has 2 rings (SSSR count). The number of aryl methyl sites for hydroxylation is 1. The first-order valence-electron chi connectivity index (χ1n) is 7.01. The van der Waals surface area contributed by atoms with Gasteiger partial charge in [0.1, 0.15) is 0 Å². The van der Waals surface area contributed by atoms with Gasteiger partial charge in [0.25, 0.3) is 0 Å². The van der Waals surface area contributed by atoms with Crippen LogP contribution in [0.2, 0.25) is 0 Å². The molecule has 0 bridgehead atoms. The molecule has 1 atom stereocenters. The second-order valence-corrected chi connectivity index (χ2v) is 5.62. The number of rotatable bonds is 4. The molecule has 1 aromatic carbocycles. The fraction of sp³-hybridized carbons (Fsp3) is 0.500. The van der Waals surface area contributed by atoms with E-state index in [1.165, 1.54) is 0 Å². The lowest BCUT2D eigenvalue weighted by Gasteiger charge is -2.25. The van der Waals surface area contributed by atoms with Gasteiger partial charge in [0, 0.05) is 18.8 Å². The molecule has 0 radical (unpaired) electrons. The minimum atomic E-state index is -0.688. The summed E-state index contributed by atoms with van der Waals surface area (Å²) >= 11 is 0. The van der Waals surface area contributed by atoms with Crippen molar-refractivity contribution in [1.82, 2.24) is 0 Å². The van der Waals surface area contributed by atoms with Gasteiger partial charge in [-0.15, -0.1) is 0 Å². The van der Waals surface area contributed by atoms with E-state index in [9.17, 15) is 9.90 Å². The molecule has 1 N–H and O–H groups in total. The first-order valence-corrected chi connectivity index (χ1v) is 7.01. The third-order valence-electron chi connectivity index (χ3n) is 4.23. The highest BCUT2D eigenvalue weighted by Gasteiger charge is 2.44. The Kier molecular flexibility index (Phi) is 3.99. The van der Waals surface area contributed by atoms with E-state index in [4.69, 9.17) is 5.26 Å². The molecule has 4 nitrogen and oxygen atoms in total. The Bertz CT molecular complexity index is 562. The summed E-state index contributed by atoms with van der Waals surface area (Å²) in [6.45, 7) is 5.26. The standard InChI is InChI=1S/C16H20N2O2/c1-3-6-16(15(19)20)7-8-18(11-16)14-5-4-13(10-17)12(2)9-14/h4-5,9H,3,6-8,11H2,1-2H3,(H,19,20). The SMILES string of the molecule is CCCC1(C(=O)O)CCN(c2ccc(C#N)c(C)c2)C1.